The summed E-state index contributed by atoms with van der Waals surface area (Å²) in [5.41, 5.74) is -0.935. The summed E-state index contributed by atoms with van der Waals surface area (Å²) in [5.74, 6) is -0.836. The zero-order valence-corrected chi connectivity index (χ0v) is 40.0. The lowest BCUT2D eigenvalue weighted by Gasteiger charge is -2.37. The normalized spacial score (nSPS) is 18.5. The minimum Gasteiger partial charge on any atom is -0.462 e. The van der Waals surface area contributed by atoms with Gasteiger partial charge in [-0.2, -0.15) is 5.06 Å². The molecule has 0 aromatic rings. The van der Waals surface area contributed by atoms with Crippen molar-refractivity contribution in [3.63, 3.8) is 0 Å². The maximum atomic E-state index is 12.8. The molecule has 0 aliphatic carbocycles. The summed E-state index contributed by atoms with van der Waals surface area (Å²) >= 11 is 0. The minimum absolute atomic E-state index is 0.0195. The fourth-order valence-corrected chi connectivity index (χ4v) is 8.32. The highest BCUT2D eigenvalue weighted by Gasteiger charge is 2.50. The van der Waals surface area contributed by atoms with E-state index in [1.54, 1.807) is 0 Å². The molecule has 1 rings (SSSR count). The van der Waals surface area contributed by atoms with Gasteiger partial charge < -0.3 is 28.8 Å². The molecular weight excluding hydrogens is 771 g/mol. The standard InChI is InChI=1S/C46H91N2O10P/c1-8-10-12-14-15-16-17-18-19-20-23-26-29-33-43(49)54-39-42(40-57-59(52,53)56-38-37-48(5,6)7)58-44(50)34-30-27-24-21-22-25-28-32-36-46(35-31-13-11-9-2)47(51)45(3,4)41-55-46/h42,51H,8-41H2,1-7H3/p+1. The van der Waals surface area contributed by atoms with E-state index in [0.717, 1.165) is 89.9 Å². The van der Waals surface area contributed by atoms with E-state index in [2.05, 4.69) is 13.8 Å². The lowest BCUT2D eigenvalue weighted by Crippen LogP contribution is -2.50. The molecule has 0 aromatic carbocycles. The highest BCUT2D eigenvalue weighted by atomic mass is 31.2. The summed E-state index contributed by atoms with van der Waals surface area (Å²) < 4.78 is 40.7. The van der Waals surface area contributed by atoms with Gasteiger partial charge in [-0.15, -0.1) is 0 Å². The van der Waals surface area contributed by atoms with Crippen LogP contribution >= 0.6 is 7.82 Å². The number of hydroxylamine groups is 2. The summed E-state index contributed by atoms with van der Waals surface area (Å²) in [6.07, 6.45) is 29.6. The summed E-state index contributed by atoms with van der Waals surface area (Å²) in [5, 5.41) is 12.5. The van der Waals surface area contributed by atoms with Gasteiger partial charge in [-0.25, -0.2) is 4.57 Å². The first-order chi connectivity index (χ1) is 28.1. The zero-order valence-electron chi connectivity index (χ0n) is 39.1. The third-order valence-corrected chi connectivity index (χ3v) is 12.4. The number of ether oxygens (including phenoxy) is 3. The summed E-state index contributed by atoms with van der Waals surface area (Å²) in [4.78, 5) is 35.6. The second-order valence-corrected chi connectivity index (χ2v) is 20.4. The second kappa shape index (κ2) is 32.5. The smallest absolute Gasteiger partial charge is 0.462 e. The molecule has 0 saturated carbocycles. The van der Waals surface area contributed by atoms with Crippen LogP contribution in [0.2, 0.25) is 0 Å². The first-order valence-electron chi connectivity index (χ1n) is 24.0. The van der Waals surface area contributed by atoms with Gasteiger partial charge >= 0.3 is 19.8 Å². The molecule has 0 aromatic heterocycles. The Labute approximate surface area is 361 Å². The van der Waals surface area contributed by atoms with E-state index in [4.69, 9.17) is 23.3 Å². The number of nitrogens with zero attached hydrogens (tertiary/aromatic N) is 2. The van der Waals surface area contributed by atoms with Crippen LogP contribution in [0.5, 0.6) is 0 Å². The van der Waals surface area contributed by atoms with Gasteiger partial charge in [0.15, 0.2) is 6.10 Å². The molecule has 1 aliphatic rings. The molecule has 13 heteroatoms. The van der Waals surface area contributed by atoms with Crippen molar-refractivity contribution in [2.45, 2.75) is 231 Å². The zero-order chi connectivity index (χ0) is 43.9. The van der Waals surface area contributed by atoms with Gasteiger partial charge in [0, 0.05) is 12.8 Å². The molecular formula is C46H92N2O10P+. The van der Waals surface area contributed by atoms with E-state index in [1.807, 2.05) is 35.0 Å². The van der Waals surface area contributed by atoms with Crippen molar-refractivity contribution >= 4 is 19.8 Å². The molecule has 350 valence electrons. The topological polar surface area (TPSA) is 141 Å². The van der Waals surface area contributed by atoms with Crippen LogP contribution in [-0.4, -0.2) is 103 Å². The van der Waals surface area contributed by atoms with Gasteiger partial charge in [-0.3, -0.25) is 18.6 Å². The number of hydrogen-bond acceptors (Lipinski definition) is 10. The van der Waals surface area contributed by atoms with Crippen molar-refractivity contribution in [2.75, 3.05) is 54.1 Å². The van der Waals surface area contributed by atoms with Crippen LogP contribution in [-0.2, 0) is 37.4 Å². The van der Waals surface area contributed by atoms with E-state index in [0.29, 0.717) is 24.1 Å². The third kappa shape index (κ3) is 29.0. The van der Waals surface area contributed by atoms with Crippen molar-refractivity contribution in [2.24, 2.45) is 0 Å². The van der Waals surface area contributed by atoms with Crippen LogP contribution in [0.4, 0.5) is 0 Å². The van der Waals surface area contributed by atoms with Gasteiger partial charge in [0.25, 0.3) is 0 Å². The van der Waals surface area contributed by atoms with Crippen LogP contribution in [0, 0.1) is 0 Å². The number of hydrogen-bond donors (Lipinski definition) is 2. The van der Waals surface area contributed by atoms with Gasteiger partial charge in [-0.1, -0.05) is 149 Å². The Hall–Kier alpha value is -1.11. The fraction of sp³-hybridized carbons (Fsp3) is 0.957. The summed E-state index contributed by atoms with van der Waals surface area (Å²) in [6.45, 7) is 8.92. The Morgan fingerprint density at radius 3 is 1.53 bits per heavy atom. The van der Waals surface area contributed by atoms with Crippen molar-refractivity contribution in [1.29, 1.82) is 0 Å². The second-order valence-electron chi connectivity index (χ2n) is 18.9. The van der Waals surface area contributed by atoms with Gasteiger partial charge in [0.2, 0.25) is 0 Å². The summed E-state index contributed by atoms with van der Waals surface area (Å²) in [7, 11) is 1.44. The highest BCUT2D eigenvalue weighted by molar-refractivity contribution is 7.47. The van der Waals surface area contributed by atoms with Crippen LogP contribution in [0.1, 0.15) is 214 Å². The first kappa shape index (κ1) is 55.9. The maximum absolute atomic E-state index is 12.8. The molecule has 3 unspecified atom stereocenters. The monoisotopic (exact) mass is 864 g/mol. The minimum atomic E-state index is -4.40. The van der Waals surface area contributed by atoms with Gasteiger partial charge in [0.05, 0.1) is 39.9 Å². The largest absolute Gasteiger partial charge is 0.472 e. The highest BCUT2D eigenvalue weighted by Crippen LogP contribution is 2.43. The van der Waals surface area contributed by atoms with Crippen molar-refractivity contribution in [3.8, 4) is 0 Å². The number of likely N-dealkylation sites (N-methyl/N-ethyl adjacent to an activating group) is 1. The lowest BCUT2D eigenvalue weighted by atomic mass is 9.95. The SMILES string of the molecule is CCCCCCCCCCCCCCCC(=O)OCC(COP(=O)(O)OCC[N+](C)(C)C)OC(=O)CCCCCCCCCCC1(CCCCCC)OCC(C)(C)N1O. The number of carbonyl (C=O) groups is 2. The Bertz CT molecular complexity index is 1120. The number of phosphoric acid groups is 1. The van der Waals surface area contributed by atoms with Crippen LogP contribution in [0.3, 0.4) is 0 Å². The molecule has 0 spiro atoms. The quantitative estimate of drug-likeness (QED) is 0.0263. The predicted octanol–water partition coefficient (Wildman–Crippen LogP) is 11.8. The van der Waals surface area contributed by atoms with Crippen molar-refractivity contribution < 1.29 is 52.0 Å². The average molecular weight is 864 g/mol. The number of esters is 2. The third-order valence-electron chi connectivity index (χ3n) is 11.4. The molecule has 3 atom stereocenters. The maximum Gasteiger partial charge on any atom is 0.472 e. The van der Waals surface area contributed by atoms with Gasteiger partial charge in [-0.05, 0) is 52.4 Å². The Kier molecular flexibility index (Phi) is 30.8. The van der Waals surface area contributed by atoms with E-state index >= 15 is 0 Å². The lowest BCUT2D eigenvalue weighted by molar-refractivity contribution is -0.870. The van der Waals surface area contributed by atoms with E-state index in [1.165, 1.54) is 82.1 Å². The van der Waals surface area contributed by atoms with Crippen LogP contribution in [0.15, 0.2) is 0 Å². The molecule has 0 amide bonds. The number of carbonyl (C=O) groups excluding carboxylic acids is 2. The molecule has 0 bridgehead atoms. The van der Waals surface area contributed by atoms with Crippen LogP contribution in [0.25, 0.3) is 0 Å². The van der Waals surface area contributed by atoms with Crippen molar-refractivity contribution in [1.82, 2.24) is 5.06 Å². The number of unbranched alkanes of at least 4 members (excludes halogenated alkanes) is 22. The molecule has 1 heterocycles. The first-order valence-corrected chi connectivity index (χ1v) is 25.5. The number of rotatable bonds is 40. The van der Waals surface area contributed by atoms with Crippen molar-refractivity contribution in [3.05, 3.63) is 0 Å². The van der Waals surface area contributed by atoms with Gasteiger partial charge in [0.1, 0.15) is 25.5 Å². The number of phosphoric ester groups is 1. The molecule has 59 heavy (non-hydrogen) atoms. The summed E-state index contributed by atoms with van der Waals surface area (Å²) in [6, 6.07) is 0. The Morgan fingerprint density at radius 2 is 1.08 bits per heavy atom. The number of quaternary nitrogens is 1. The molecule has 2 N–H and O–H groups in total. The fourth-order valence-electron chi connectivity index (χ4n) is 7.58. The Balaban J connectivity index is 2.38. The molecule has 1 fully saturated rings. The average Bonchev–Trinajstić information content (AvgIpc) is 3.40. The van der Waals surface area contributed by atoms with E-state index in [-0.39, 0.29) is 37.6 Å². The molecule has 1 saturated heterocycles. The van der Waals surface area contributed by atoms with E-state index < -0.39 is 32.2 Å². The Morgan fingerprint density at radius 1 is 0.661 bits per heavy atom. The van der Waals surface area contributed by atoms with Crippen LogP contribution < -0.4 is 0 Å². The van der Waals surface area contributed by atoms with E-state index in [9.17, 15) is 24.3 Å². The predicted molar refractivity (Wildman–Crippen MR) is 237 cm³/mol. The molecule has 1 aliphatic heterocycles. The molecule has 12 nitrogen and oxygen atoms in total. The molecule has 0 radical (unpaired) electrons.